The molecule has 0 heterocycles. The normalized spacial score (nSPS) is 12.6. The van der Waals surface area contributed by atoms with Gasteiger partial charge < -0.3 is 10.1 Å². The summed E-state index contributed by atoms with van der Waals surface area (Å²) < 4.78 is 72.6. The van der Waals surface area contributed by atoms with Gasteiger partial charge in [0.15, 0.2) is 0 Å². The van der Waals surface area contributed by atoms with Crippen molar-refractivity contribution in [2.45, 2.75) is 24.0 Å². The van der Waals surface area contributed by atoms with Gasteiger partial charge in [-0.05, 0) is 55.0 Å². The number of hydrogen-bond acceptors (Lipinski definition) is 4. The quantitative estimate of drug-likeness (QED) is 0.424. The van der Waals surface area contributed by atoms with Crippen molar-refractivity contribution in [3.8, 4) is 5.75 Å². The van der Waals surface area contributed by atoms with Crippen molar-refractivity contribution in [1.82, 2.24) is 5.32 Å². The number of hydrogen-bond donors (Lipinski definition) is 1. The standard InChI is InChI=1S/C24H22ClF3N2O4S/c1-16(17-8-11-19(34-2)12-9-17)29-23(31)15-30(35(32,33)20-6-4-3-5-7-20)22-14-18(24(26,27)28)10-13-21(22)25/h3-14,16H,15H2,1-2H3,(H,29,31). The fourth-order valence-corrected chi connectivity index (χ4v) is 5.02. The molecule has 1 atom stereocenters. The zero-order chi connectivity index (χ0) is 25.8. The molecule has 11 heteroatoms. The molecule has 35 heavy (non-hydrogen) atoms. The van der Waals surface area contributed by atoms with Crippen LogP contribution in [0.3, 0.4) is 0 Å². The minimum atomic E-state index is -4.74. The SMILES string of the molecule is COc1ccc(C(C)NC(=O)CN(c2cc(C(F)(F)F)ccc2Cl)S(=O)(=O)c2ccccc2)cc1. The highest BCUT2D eigenvalue weighted by Gasteiger charge is 2.34. The molecule has 3 aromatic rings. The van der Waals surface area contributed by atoms with Gasteiger partial charge in [-0.3, -0.25) is 9.10 Å². The number of benzene rings is 3. The molecule has 0 aliphatic heterocycles. The second-order valence-electron chi connectivity index (χ2n) is 7.55. The molecule has 0 bridgehead atoms. The molecule has 0 aliphatic rings. The summed E-state index contributed by atoms with van der Waals surface area (Å²) in [5.74, 6) is -0.118. The number of methoxy groups -OCH3 is 1. The average Bonchev–Trinajstić information content (AvgIpc) is 2.82. The zero-order valence-electron chi connectivity index (χ0n) is 18.7. The summed E-state index contributed by atoms with van der Waals surface area (Å²) >= 11 is 6.13. The van der Waals surface area contributed by atoms with Gasteiger partial charge in [0.2, 0.25) is 5.91 Å². The maximum absolute atomic E-state index is 13.4. The number of nitrogens with one attached hydrogen (secondary N) is 1. The molecule has 0 radical (unpaired) electrons. The number of carbonyl (C=O) groups excluding carboxylic acids is 1. The highest BCUT2D eigenvalue weighted by Crippen LogP contribution is 2.37. The van der Waals surface area contributed by atoms with Gasteiger partial charge >= 0.3 is 6.18 Å². The first kappa shape index (κ1) is 26.4. The van der Waals surface area contributed by atoms with Gasteiger partial charge in [0.1, 0.15) is 12.3 Å². The van der Waals surface area contributed by atoms with E-state index in [1.165, 1.54) is 31.4 Å². The third-order valence-electron chi connectivity index (χ3n) is 5.15. The molecule has 0 fully saturated rings. The Hall–Kier alpha value is -3.24. The number of nitrogens with zero attached hydrogens (tertiary/aromatic N) is 1. The lowest BCUT2D eigenvalue weighted by Crippen LogP contribution is -2.41. The molecule has 1 amide bonds. The third kappa shape index (κ3) is 6.26. The highest BCUT2D eigenvalue weighted by atomic mass is 35.5. The fraction of sp³-hybridized carbons (Fsp3) is 0.208. The molecule has 0 aliphatic carbocycles. The largest absolute Gasteiger partial charge is 0.497 e. The summed E-state index contributed by atoms with van der Waals surface area (Å²) in [5, 5.41) is 2.41. The van der Waals surface area contributed by atoms with E-state index in [0.717, 1.165) is 12.1 Å². The van der Waals surface area contributed by atoms with Crippen LogP contribution in [0, 0.1) is 0 Å². The van der Waals surface area contributed by atoms with Gasteiger partial charge in [-0.1, -0.05) is 41.9 Å². The lowest BCUT2D eigenvalue weighted by atomic mass is 10.1. The summed E-state index contributed by atoms with van der Waals surface area (Å²) in [6, 6.07) is 15.7. The number of halogens is 4. The Morgan fingerprint density at radius 3 is 2.26 bits per heavy atom. The monoisotopic (exact) mass is 526 g/mol. The number of sulfonamides is 1. The zero-order valence-corrected chi connectivity index (χ0v) is 20.3. The minimum Gasteiger partial charge on any atom is -0.497 e. The molecule has 1 N–H and O–H groups in total. The summed E-state index contributed by atoms with van der Waals surface area (Å²) in [7, 11) is -2.92. The van der Waals surface area contributed by atoms with E-state index in [2.05, 4.69) is 5.32 Å². The van der Waals surface area contributed by atoms with Crippen LogP contribution in [0.25, 0.3) is 0 Å². The summed E-state index contributed by atoms with van der Waals surface area (Å²) in [5.41, 5.74) is -0.844. The number of carbonyl (C=O) groups is 1. The van der Waals surface area contributed by atoms with E-state index < -0.39 is 45.9 Å². The molecule has 0 spiro atoms. The van der Waals surface area contributed by atoms with Gasteiger partial charge in [0, 0.05) is 0 Å². The van der Waals surface area contributed by atoms with Gasteiger partial charge in [0.05, 0.1) is 34.3 Å². The Kier molecular flexibility index (Phi) is 7.97. The highest BCUT2D eigenvalue weighted by molar-refractivity contribution is 7.92. The van der Waals surface area contributed by atoms with E-state index >= 15 is 0 Å². The van der Waals surface area contributed by atoms with Crippen molar-refractivity contribution in [1.29, 1.82) is 0 Å². The second-order valence-corrected chi connectivity index (χ2v) is 9.82. The Balaban J connectivity index is 1.97. The maximum atomic E-state index is 13.4. The number of alkyl halides is 3. The lowest BCUT2D eigenvalue weighted by Gasteiger charge is -2.26. The predicted molar refractivity (Wildman–Crippen MR) is 127 cm³/mol. The van der Waals surface area contributed by atoms with Crippen molar-refractivity contribution in [2.24, 2.45) is 0 Å². The predicted octanol–water partition coefficient (Wildman–Crippen LogP) is 5.44. The number of amides is 1. The van der Waals surface area contributed by atoms with Crippen molar-refractivity contribution in [3.05, 3.63) is 88.9 Å². The molecular weight excluding hydrogens is 505 g/mol. The van der Waals surface area contributed by atoms with E-state index in [9.17, 15) is 26.4 Å². The first-order chi connectivity index (χ1) is 16.4. The van der Waals surface area contributed by atoms with E-state index in [1.807, 2.05) is 0 Å². The Morgan fingerprint density at radius 2 is 1.69 bits per heavy atom. The Bertz CT molecular complexity index is 1280. The Morgan fingerprint density at radius 1 is 1.06 bits per heavy atom. The van der Waals surface area contributed by atoms with Crippen LogP contribution in [0.4, 0.5) is 18.9 Å². The van der Waals surface area contributed by atoms with Crippen molar-refractivity contribution >= 4 is 33.2 Å². The first-order valence-electron chi connectivity index (χ1n) is 10.3. The molecule has 0 aromatic heterocycles. The third-order valence-corrected chi connectivity index (χ3v) is 7.25. The fourth-order valence-electron chi connectivity index (χ4n) is 3.29. The lowest BCUT2D eigenvalue weighted by molar-refractivity contribution is -0.137. The van der Waals surface area contributed by atoms with Crippen molar-refractivity contribution < 1.29 is 31.1 Å². The number of ether oxygens (including phenoxy) is 1. The minimum absolute atomic E-state index is 0.204. The van der Waals surface area contributed by atoms with Gasteiger partial charge in [0.25, 0.3) is 10.0 Å². The van der Waals surface area contributed by atoms with E-state index in [4.69, 9.17) is 16.3 Å². The Labute approximate surface area is 206 Å². The van der Waals surface area contributed by atoms with E-state index in [1.54, 1.807) is 37.3 Å². The van der Waals surface area contributed by atoms with Gasteiger partial charge in [-0.15, -0.1) is 0 Å². The second kappa shape index (κ2) is 10.6. The molecule has 3 aromatic carbocycles. The van der Waals surface area contributed by atoms with Crippen LogP contribution in [0.1, 0.15) is 24.1 Å². The molecule has 1 unspecified atom stereocenters. The maximum Gasteiger partial charge on any atom is 0.416 e. The van der Waals surface area contributed by atoms with Crippen LogP contribution in [0.2, 0.25) is 5.02 Å². The van der Waals surface area contributed by atoms with Crippen LogP contribution in [0.15, 0.2) is 77.7 Å². The molecule has 0 saturated heterocycles. The van der Waals surface area contributed by atoms with Crippen LogP contribution in [-0.2, 0) is 21.0 Å². The summed E-state index contributed by atoms with van der Waals surface area (Å²) in [4.78, 5) is 12.7. The molecule has 186 valence electrons. The van der Waals surface area contributed by atoms with Crippen molar-refractivity contribution in [2.75, 3.05) is 18.0 Å². The smallest absolute Gasteiger partial charge is 0.416 e. The topological polar surface area (TPSA) is 75.7 Å². The van der Waals surface area contributed by atoms with E-state index in [-0.39, 0.29) is 9.92 Å². The van der Waals surface area contributed by atoms with Gasteiger partial charge in [-0.2, -0.15) is 13.2 Å². The molecular formula is C24H22ClF3N2O4S. The van der Waals surface area contributed by atoms with Crippen LogP contribution in [-0.4, -0.2) is 28.0 Å². The molecule has 3 rings (SSSR count). The average molecular weight is 527 g/mol. The van der Waals surface area contributed by atoms with Gasteiger partial charge in [-0.25, -0.2) is 8.42 Å². The van der Waals surface area contributed by atoms with E-state index in [0.29, 0.717) is 21.7 Å². The first-order valence-corrected chi connectivity index (χ1v) is 12.1. The summed E-state index contributed by atoms with van der Waals surface area (Å²) in [6.45, 7) is 0.895. The van der Waals surface area contributed by atoms with Crippen molar-refractivity contribution in [3.63, 3.8) is 0 Å². The van der Waals surface area contributed by atoms with Crippen LogP contribution >= 0.6 is 11.6 Å². The van der Waals surface area contributed by atoms with Crippen LogP contribution < -0.4 is 14.4 Å². The van der Waals surface area contributed by atoms with Crippen LogP contribution in [0.5, 0.6) is 5.75 Å². The number of rotatable bonds is 8. The molecule has 6 nitrogen and oxygen atoms in total. The summed E-state index contributed by atoms with van der Waals surface area (Å²) in [6.07, 6.45) is -4.74. The number of anilines is 1. The molecule has 0 saturated carbocycles.